The minimum absolute atomic E-state index is 0.0272. The molecule has 0 aliphatic rings. The molecular weight excluding hydrogens is 466 g/mol. The molecule has 176 valence electrons. The fraction of sp³-hybridized carbons (Fsp3) is 0.0909. The van der Waals surface area contributed by atoms with Gasteiger partial charge in [0.15, 0.2) is 6.61 Å². The van der Waals surface area contributed by atoms with Gasteiger partial charge in [-0.1, -0.05) is 18.2 Å². The Bertz CT molecular complexity index is 1310. The number of hydrogen-bond acceptors (Lipinski definition) is 8. The van der Waals surface area contributed by atoms with Crippen LogP contribution in [0.3, 0.4) is 0 Å². The van der Waals surface area contributed by atoms with Crippen LogP contribution in [0.1, 0.15) is 10.4 Å². The number of nitrogens with zero attached hydrogens (tertiary/aromatic N) is 1. The molecule has 0 bridgehead atoms. The van der Waals surface area contributed by atoms with Gasteiger partial charge in [0.05, 0.1) is 28.2 Å². The molecule has 0 fully saturated rings. The number of rotatable bonds is 9. The van der Waals surface area contributed by atoms with Crippen LogP contribution in [0.25, 0.3) is 0 Å². The summed E-state index contributed by atoms with van der Waals surface area (Å²) in [5, 5.41) is 13.3. The largest absolute Gasteiger partial charge is 0.495 e. The molecule has 0 aliphatic heterocycles. The molecule has 0 saturated heterocycles. The number of nitro groups is 1. The molecule has 0 spiro atoms. The van der Waals surface area contributed by atoms with E-state index in [4.69, 9.17) is 9.47 Å². The topological polar surface area (TPSA) is 154 Å². The van der Waals surface area contributed by atoms with E-state index in [9.17, 15) is 28.1 Å². The van der Waals surface area contributed by atoms with E-state index >= 15 is 0 Å². The number of carbonyl (C=O) groups is 2. The van der Waals surface area contributed by atoms with Crippen LogP contribution in [0.4, 0.5) is 17.1 Å². The summed E-state index contributed by atoms with van der Waals surface area (Å²) < 4.78 is 37.3. The van der Waals surface area contributed by atoms with Gasteiger partial charge in [-0.2, -0.15) is 0 Å². The average Bonchev–Trinajstić information content (AvgIpc) is 2.83. The lowest BCUT2D eigenvalue weighted by Gasteiger charge is -2.11. The fourth-order valence-corrected chi connectivity index (χ4v) is 3.86. The van der Waals surface area contributed by atoms with Crippen LogP contribution < -0.4 is 14.8 Å². The van der Waals surface area contributed by atoms with E-state index in [2.05, 4.69) is 10.0 Å². The Hall–Kier alpha value is -4.45. The number of nitrogens with one attached hydrogen (secondary N) is 2. The van der Waals surface area contributed by atoms with Crippen LogP contribution >= 0.6 is 0 Å². The zero-order chi connectivity index (χ0) is 24.7. The van der Waals surface area contributed by atoms with E-state index in [1.54, 1.807) is 30.3 Å². The number of carbonyl (C=O) groups excluding carboxylic acids is 2. The van der Waals surface area contributed by atoms with Gasteiger partial charge in [-0.05, 0) is 42.5 Å². The van der Waals surface area contributed by atoms with Crippen LogP contribution in [0.15, 0.2) is 77.7 Å². The molecular formula is C22H19N3O8S. The molecule has 3 rings (SSSR count). The Morgan fingerprint density at radius 3 is 2.29 bits per heavy atom. The van der Waals surface area contributed by atoms with Gasteiger partial charge in [0, 0.05) is 17.8 Å². The van der Waals surface area contributed by atoms with Gasteiger partial charge in [0.1, 0.15) is 5.75 Å². The van der Waals surface area contributed by atoms with E-state index in [0.717, 1.165) is 6.07 Å². The summed E-state index contributed by atoms with van der Waals surface area (Å²) in [5.41, 5.74) is 0.194. The Labute approximate surface area is 194 Å². The third-order valence-corrected chi connectivity index (χ3v) is 5.83. The minimum Gasteiger partial charge on any atom is -0.495 e. The van der Waals surface area contributed by atoms with Crippen molar-refractivity contribution in [3.05, 3.63) is 88.5 Å². The SMILES string of the molecule is COc1ccc([N+](=O)[O-])cc1NC(=O)COC(=O)c1ccc(S(=O)(=O)Nc2ccccc2)cc1. The van der Waals surface area contributed by atoms with Crippen molar-refractivity contribution in [2.45, 2.75) is 4.90 Å². The first-order chi connectivity index (χ1) is 16.2. The first-order valence-corrected chi connectivity index (χ1v) is 11.2. The second-order valence-corrected chi connectivity index (χ2v) is 8.44. The molecule has 0 atom stereocenters. The van der Waals surface area contributed by atoms with Crippen molar-refractivity contribution in [1.82, 2.24) is 0 Å². The van der Waals surface area contributed by atoms with Crippen LogP contribution in [0, 0.1) is 10.1 Å². The smallest absolute Gasteiger partial charge is 0.338 e. The lowest BCUT2D eigenvalue weighted by atomic mass is 10.2. The maximum Gasteiger partial charge on any atom is 0.338 e. The Kier molecular flexibility index (Phi) is 7.43. The molecule has 0 unspecified atom stereocenters. The van der Waals surface area contributed by atoms with Gasteiger partial charge in [-0.3, -0.25) is 19.6 Å². The predicted molar refractivity (Wildman–Crippen MR) is 122 cm³/mol. The van der Waals surface area contributed by atoms with Gasteiger partial charge in [0.25, 0.3) is 21.6 Å². The standard InChI is InChI=1S/C22H19N3O8S/c1-32-20-12-9-17(25(28)29)13-19(20)23-21(26)14-33-22(27)15-7-10-18(11-8-15)34(30,31)24-16-5-3-2-4-6-16/h2-13,24H,14H2,1H3,(H,23,26). The van der Waals surface area contributed by atoms with Crippen LogP contribution in [0.2, 0.25) is 0 Å². The maximum absolute atomic E-state index is 12.5. The molecule has 12 heteroatoms. The highest BCUT2D eigenvalue weighted by Gasteiger charge is 2.18. The van der Waals surface area contributed by atoms with Gasteiger partial charge in [0.2, 0.25) is 0 Å². The van der Waals surface area contributed by atoms with E-state index in [-0.39, 0.29) is 27.6 Å². The number of para-hydroxylation sites is 1. The summed E-state index contributed by atoms with van der Waals surface area (Å²) in [6.07, 6.45) is 0. The van der Waals surface area contributed by atoms with Crippen molar-refractivity contribution in [3.63, 3.8) is 0 Å². The molecule has 2 N–H and O–H groups in total. The van der Waals surface area contributed by atoms with E-state index in [1.165, 1.54) is 43.5 Å². The number of methoxy groups -OCH3 is 1. The van der Waals surface area contributed by atoms with Crippen molar-refractivity contribution >= 4 is 39.0 Å². The highest BCUT2D eigenvalue weighted by Crippen LogP contribution is 2.28. The third kappa shape index (κ3) is 6.07. The normalized spacial score (nSPS) is 10.7. The number of anilines is 2. The number of nitro benzene ring substituents is 1. The molecule has 0 saturated carbocycles. The van der Waals surface area contributed by atoms with Crippen molar-refractivity contribution in [1.29, 1.82) is 0 Å². The number of esters is 1. The number of benzene rings is 3. The Balaban J connectivity index is 1.60. The van der Waals surface area contributed by atoms with Crippen molar-refractivity contribution < 1.29 is 32.4 Å². The number of sulfonamides is 1. The molecule has 11 nitrogen and oxygen atoms in total. The summed E-state index contributed by atoms with van der Waals surface area (Å²) in [6.45, 7) is -0.680. The highest BCUT2D eigenvalue weighted by atomic mass is 32.2. The first kappa shape index (κ1) is 24.2. The second kappa shape index (κ2) is 10.4. The third-order valence-electron chi connectivity index (χ3n) is 4.43. The fourth-order valence-electron chi connectivity index (χ4n) is 2.80. The summed E-state index contributed by atoms with van der Waals surface area (Å²) in [4.78, 5) is 34.6. The molecule has 0 heterocycles. The molecule has 0 aromatic heterocycles. The number of hydrogen-bond donors (Lipinski definition) is 2. The highest BCUT2D eigenvalue weighted by molar-refractivity contribution is 7.92. The van der Waals surface area contributed by atoms with Crippen molar-refractivity contribution in [2.24, 2.45) is 0 Å². The van der Waals surface area contributed by atoms with Crippen LogP contribution in [0.5, 0.6) is 5.75 Å². The van der Waals surface area contributed by atoms with Gasteiger partial charge in [-0.15, -0.1) is 0 Å². The summed E-state index contributed by atoms with van der Waals surface area (Å²) >= 11 is 0. The first-order valence-electron chi connectivity index (χ1n) is 9.67. The van der Waals surface area contributed by atoms with Crippen molar-refractivity contribution in [3.8, 4) is 5.75 Å². The van der Waals surface area contributed by atoms with Gasteiger partial charge < -0.3 is 14.8 Å². The van der Waals surface area contributed by atoms with E-state index < -0.39 is 33.4 Å². The molecule has 0 radical (unpaired) electrons. The summed E-state index contributed by atoms with van der Waals surface area (Å²) in [7, 11) is -2.53. The van der Waals surface area contributed by atoms with Crippen LogP contribution in [-0.4, -0.2) is 38.9 Å². The lowest BCUT2D eigenvalue weighted by molar-refractivity contribution is -0.384. The van der Waals surface area contributed by atoms with Crippen LogP contribution in [-0.2, 0) is 19.6 Å². The monoisotopic (exact) mass is 485 g/mol. The van der Waals surface area contributed by atoms with Crippen molar-refractivity contribution in [2.75, 3.05) is 23.8 Å². The maximum atomic E-state index is 12.5. The molecule has 0 aliphatic carbocycles. The number of amides is 1. The Morgan fingerprint density at radius 1 is 1.00 bits per heavy atom. The van der Waals surface area contributed by atoms with E-state index in [0.29, 0.717) is 5.69 Å². The van der Waals surface area contributed by atoms with Gasteiger partial charge >= 0.3 is 5.97 Å². The Morgan fingerprint density at radius 2 is 1.68 bits per heavy atom. The predicted octanol–water partition coefficient (Wildman–Crippen LogP) is 3.20. The number of non-ortho nitro benzene ring substituents is 1. The van der Waals surface area contributed by atoms with E-state index in [1.807, 2.05) is 0 Å². The lowest BCUT2D eigenvalue weighted by Crippen LogP contribution is -2.21. The summed E-state index contributed by atoms with van der Waals surface area (Å²) in [5.74, 6) is -1.43. The summed E-state index contributed by atoms with van der Waals surface area (Å²) in [6, 6.07) is 16.9. The quantitative estimate of drug-likeness (QED) is 0.266. The molecule has 1 amide bonds. The molecule has 34 heavy (non-hydrogen) atoms. The molecule has 3 aromatic carbocycles. The molecule has 3 aromatic rings. The zero-order valence-corrected chi connectivity index (χ0v) is 18.6. The zero-order valence-electron chi connectivity index (χ0n) is 17.8. The minimum atomic E-state index is -3.86. The number of ether oxygens (including phenoxy) is 2. The average molecular weight is 485 g/mol. The second-order valence-electron chi connectivity index (χ2n) is 6.76. The van der Waals surface area contributed by atoms with Gasteiger partial charge in [-0.25, -0.2) is 13.2 Å².